The van der Waals surface area contributed by atoms with Crippen LogP contribution in [0.4, 0.5) is 0 Å². The second-order valence-electron chi connectivity index (χ2n) is 8.23. The van der Waals surface area contributed by atoms with Crippen molar-refractivity contribution in [3.05, 3.63) is 30.1 Å². The smallest absolute Gasteiger partial charge is 0.224 e. The molecular formula is C23H33N3O2. The summed E-state index contributed by atoms with van der Waals surface area (Å²) in [5.41, 5.74) is 2.24. The summed E-state index contributed by atoms with van der Waals surface area (Å²) in [7, 11) is 0. The number of likely N-dealkylation sites (tertiary alicyclic amines) is 1. The number of para-hydroxylation sites is 2. The minimum atomic E-state index is 0.266. The molecule has 0 spiro atoms. The first-order chi connectivity index (χ1) is 13.8. The van der Waals surface area contributed by atoms with Gasteiger partial charge in [-0.05, 0) is 44.7 Å². The summed E-state index contributed by atoms with van der Waals surface area (Å²) < 4.78 is 8.04. The van der Waals surface area contributed by atoms with Crippen molar-refractivity contribution < 1.29 is 9.53 Å². The van der Waals surface area contributed by atoms with Gasteiger partial charge in [0.2, 0.25) is 5.91 Å². The van der Waals surface area contributed by atoms with Crippen molar-refractivity contribution in [1.82, 2.24) is 14.5 Å². The fraction of sp³-hybridized carbons (Fsp3) is 0.652. The van der Waals surface area contributed by atoms with Crippen LogP contribution < -0.4 is 0 Å². The number of nitrogens with zero attached hydrogens (tertiary/aromatic N) is 3. The normalized spacial score (nSPS) is 19.4. The topological polar surface area (TPSA) is 47.4 Å². The van der Waals surface area contributed by atoms with Crippen LogP contribution in [0.2, 0.25) is 0 Å². The van der Waals surface area contributed by atoms with Gasteiger partial charge >= 0.3 is 0 Å². The maximum Gasteiger partial charge on any atom is 0.224 e. The lowest BCUT2D eigenvalue weighted by atomic mass is 9.88. The minimum Gasteiger partial charge on any atom is -0.378 e. The number of ether oxygens (including phenoxy) is 1. The van der Waals surface area contributed by atoms with E-state index in [4.69, 9.17) is 9.72 Å². The number of aryl methyl sites for hydroxylation is 1. The molecule has 28 heavy (non-hydrogen) atoms. The lowest BCUT2D eigenvalue weighted by molar-refractivity contribution is -0.134. The number of carbonyl (C=O) groups is 1. The number of aromatic nitrogens is 2. The Labute approximate surface area is 168 Å². The van der Waals surface area contributed by atoms with Gasteiger partial charge in [-0.3, -0.25) is 4.79 Å². The maximum absolute atomic E-state index is 12.8. The van der Waals surface area contributed by atoms with Crippen molar-refractivity contribution in [3.8, 4) is 0 Å². The van der Waals surface area contributed by atoms with Crippen molar-refractivity contribution in [2.75, 3.05) is 19.7 Å². The van der Waals surface area contributed by atoms with E-state index in [9.17, 15) is 4.79 Å². The number of hydrogen-bond acceptors (Lipinski definition) is 3. The molecule has 0 radical (unpaired) electrons. The number of amides is 1. The molecule has 1 amide bonds. The Hall–Kier alpha value is -1.88. The van der Waals surface area contributed by atoms with E-state index in [-0.39, 0.29) is 5.91 Å². The van der Waals surface area contributed by atoms with Gasteiger partial charge in [0.1, 0.15) is 5.82 Å². The molecule has 1 saturated heterocycles. The summed E-state index contributed by atoms with van der Waals surface area (Å²) in [6, 6.07) is 8.37. The van der Waals surface area contributed by atoms with Crippen molar-refractivity contribution in [2.24, 2.45) is 0 Å². The highest BCUT2D eigenvalue weighted by molar-refractivity contribution is 5.78. The summed E-state index contributed by atoms with van der Waals surface area (Å²) in [5.74, 6) is 2.00. The zero-order valence-corrected chi connectivity index (χ0v) is 17.1. The van der Waals surface area contributed by atoms with Crippen molar-refractivity contribution in [2.45, 2.75) is 76.9 Å². The van der Waals surface area contributed by atoms with E-state index in [1.807, 2.05) is 11.8 Å². The van der Waals surface area contributed by atoms with Crippen LogP contribution >= 0.6 is 0 Å². The van der Waals surface area contributed by atoms with Crippen LogP contribution in [0.3, 0.4) is 0 Å². The first-order valence-electron chi connectivity index (χ1n) is 11.1. The van der Waals surface area contributed by atoms with Gasteiger partial charge in [0.05, 0.1) is 17.1 Å². The third kappa shape index (κ3) is 4.24. The lowest BCUT2D eigenvalue weighted by Gasteiger charge is -2.32. The highest BCUT2D eigenvalue weighted by atomic mass is 16.5. The van der Waals surface area contributed by atoms with Crippen molar-refractivity contribution >= 4 is 16.9 Å². The molecular weight excluding hydrogens is 350 g/mol. The van der Waals surface area contributed by atoms with Crippen LogP contribution in [-0.2, 0) is 16.1 Å². The quantitative estimate of drug-likeness (QED) is 0.738. The summed E-state index contributed by atoms with van der Waals surface area (Å²) in [6.07, 6.45) is 9.17. The van der Waals surface area contributed by atoms with E-state index >= 15 is 0 Å². The van der Waals surface area contributed by atoms with E-state index in [0.717, 1.165) is 44.6 Å². The number of piperidine rings is 1. The zero-order chi connectivity index (χ0) is 19.3. The summed E-state index contributed by atoms with van der Waals surface area (Å²) >= 11 is 0. The highest BCUT2D eigenvalue weighted by Crippen LogP contribution is 2.34. The SMILES string of the molecule is CCOC1CCN(C(=O)CCn2c(C3CCCCC3)nc3ccccc32)CC1. The molecule has 0 unspecified atom stereocenters. The van der Waals surface area contributed by atoms with Gasteiger partial charge in [-0.25, -0.2) is 4.98 Å². The van der Waals surface area contributed by atoms with Gasteiger partial charge in [0, 0.05) is 38.6 Å². The fourth-order valence-electron chi connectivity index (χ4n) is 4.87. The van der Waals surface area contributed by atoms with Crippen molar-refractivity contribution in [3.63, 3.8) is 0 Å². The lowest BCUT2D eigenvalue weighted by Crippen LogP contribution is -2.41. The second kappa shape index (κ2) is 9.08. The van der Waals surface area contributed by atoms with Crippen LogP contribution in [0.25, 0.3) is 11.0 Å². The van der Waals surface area contributed by atoms with E-state index in [0.29, 0.717) is 18.4 Å². The second-order valence-corrected chi connectivity index (χ2v) is 8.23. The molecule has 1 aliphatic carbocycles. The van der Waals surface area contributed by atoms with Crippen LogP contribution in [0.1, 0.15) is 70.0 Å². The minimum absolute atomic E-state index is 0.266. The third-order valence-electron chi connectivity index (χ3n) is 6.40. The molecule has 5 heteroatoms. The molecule has 2 aromatic rings. The number of fused-ring (bicyclic) bond motifs is 1. The molecule has 0 N–H and O–H groups in total. The molecule has 4 rings (SSSR count). The summed E-state index contributed by atoms with van der Waals surface area (Å²) in [5, 5.41) is 0. The van der Waals surface area contributed by atoms with Gasteiger partial charge in [-0.1, -0.05) is 31.4 Å². The van der Waals surface area contributed by atoms with Crippen LogP contribution in [-0.4, -0.2) is 46.2 Å². The molecule has 1 aromatic carbocycles. The molecule has 1 aliphatic heterocycles. The maximum atomic E-state index is 12.8. The van der Waals surface area contributed by atoms with Crippen molar-refractivity contribution in [1.29, 1.82) is 0 Å². The number of carbonyl (C=O) groups excluding carboxylic acids is 1. The summed E-state index contributed by atoms with van der Waals surface area (Å²) in [4.78, 5) is 19.8. The number of imidazole rings is 1. The van der Waals surface area contributed by atoms with E-state index < -0.39 is 0 Å². The van der Waals surface area contributed by atoms with E-state index in [1.54, 1.807) is 0 Å². The van der Waals surface area contributed by atoms with Gasteiger partial charge in [-0.2, -0.15) is 0 Å². The molecule has 1 saturated carbocycles. The molecule has 1 aromatic heterocycles. The Morgan fingerprint density at radius 3 is 2.61 bits per heavy atom. The van der Waals surface area contributed by atoms with E-state index in [1.165, 1.54) is 43.4 Å². The van der Waals surface area contributed by atoms with Crippen LogP contribution in [0.5, 0.6) is 0 Å². The number of hydrogen-bond donors (Lipinski definition) is 0. The van der Waals surface area contributed by atoms with Crippen LogP contribution in [0.15, 0.2) is 24.3 Å². The standard InChI is InChI=1S/C23H33N3O2/c1-2-28-19-12-15-25(16-13-19)22(27)14-17-26-21-11-7-6-10-20(21)24-23(26)18-8-4-3-5-9-18/h6-7,10-11,18-19H,2-5,8-9,12-17H2,1H3. The Bertz CT molecular complexity index is 786. The predicted molar refractivity (Wildman–Crippen MR) is 111 cm³/mol. The highest BCUT2D eigenvalue weighted by Gasteiger charge is 2.25. The largest absolute Gasteiger partial charge is 0.378 e. The number of rotatable bonds is 6. The first kappa shape index (κ1) is 19.4. The van der Waals surface area contributed by atoms with Gasteiger partial charge in [0.25, 0.3) is 0 Å². The molecule has 5 nitrogen and oxygen atoms in total. The Kier molecular flexibility index (Phi) is 6.30. The van der Waals surface area contributed by atoms with Gasteiger partial charge in [-0.15, -0.1) is 0 Å². The average molecular weight is 384 g/mol. The molecule has 2 heterocycles. The van der Waals surface area contributed by atoms with Crippen LogP contribution in [0, 0.1) is 0 Å². The molecule has 2 fully saturated rings. The predicted octanol–water partition coefficient (Wildman–Crippen LogP) is 4.50. The zero-order valence-electron chi connectivity index (χ0n) is 17.1. The average Bonchev–Trinajstić information content (AvgIpc) is 3.12. The third-order valence-corrected chi connectivity index (χ3v) is 6.40. The molecule has 152 valence electrons. The molecule has 0 bridgehead atoms. The first-order valence-corrected chi connectivity index (χ1v) is 11.1. The van der Waals surface area contributed by atoms with Gasteiger partial charge < -0.3 is 14.2 Å². The Balaban J connectivity index is 1.44. The van der Waals surface area contributed by atoms with E-state index in [2.05, 4.69) is 28.8 Å². The van der Waals surface area contributed by atoms with Gasteiger partial charge in [0.15, 0.2) is 0 Å². The fourth-order valence-corrected chi connectivity index (χ4v) is 4.87. The Morgan fingerprint density at radius 1 is 1.11 bits per heavy atom. The Morgan fingerprint density at radius 2 is 1.86 bits per heavy atom. The molecule has 0 atom stereocenters. The monoisotopic (exact) mass is 383 g/mol. The molecule has 2 aliphatic rings. The number of benzene rings is 1. The summed E-state index contributed by atoms with van der Waals surface area (Å²) in [6.45, 7) is 5.18.